The van der Waals surface area contributed by atoms with Crippen LogP contribution in [0.15, 0.2) is 58.8 Å². The number of hydrogen-bond donors (Lipinski definition) is 1. The highest BCUT2D eigenvalue weighted by Gasteiger charge is 2.15. The third-order valence-electron chi connectivity index (χ3n) is 4.39. The number of carbonyl (C=O) groups is 1. The topological polar surface area (TPSA) is 76.2 Å². The fraction of sp³-hybridized carbons (Fsp3) is 0.286. The van der Waals surface area contributed by atoms with E-state index in [1.807, 2.05) is 48.5 Å². The molecule has 1 amide bonds. The van der Waals surface area contributed by atoms with Gasteiger partial charge in [0, 0.05) is 12.4 Å². The summed E-state index contributed by atoms with van der Waals surface area (Å²) in [7, 11) is 1.73. The second-order valence-electron chi connectivity index (χ2n) is 7.41. The molecule has 3 aromatic rings. The molecule has 0 aliphatic heterocycles. The number of aromatic nitrogens is 1. The highest BCUT2D eigenvalue weighted by molar-refractivity contribution is 5.95. The zero-order valence-electron chi connectivity index (χ0n) is 15.9. The summed E-state index contributed by atoms with van der Waals surface area (Å²) >= 11 is 0. The Labute approximate surface area is 158 Å². The molecular formula is C21H23N3O3. The summed E-state index contributed by atoms with van der Waals surface area (Å²) in [6.45, 7) is 6.18. The number of nitrogens with zero attached hydrogens (tertiary/aromatic N) is 3. The first-order valence-electron chi connectivity index (χ1n) is 8.71. The fourth-order valence-corrected chi connectivity index (χ4v) is 2.79. The number of aromatic hydroxyl groups is 1. The zero-order chi connectivity index (χ0) is 19.6. The molecule has 0 fully saturated rings. The Morgan fingerprint density at radius 1 is 1.11 bits per heavy atom. The predicted molar refractivity (Wildman–Crippen MR) is 105 cm³/mol. The van der Waals surface area contributed by atoms with Crippen molar-refractivity contribution in [2.75, 3.05) is 6.61 Å². The van der Waals surface area contributed by atoms with Crippen molar-refractivity contribution in [1.29, 1.82) is 0 Å². The summed E-state index contributed by atoms with van der Waals surface area (Å²) in [5.74, 6) is 0.0354. The number of rotatable bonds is 4. The summed E-state index contributed by atoms with van der Waals surface area (Å²) in [4.78, 5) is 12.0. The maximum absolute atomic E-state index is 12.0. The van der Waals surface area contributed by atoms with E-state index in [1.165, 1.54) is 5.56 Å². The molecule has 0 bridgehead atoms. The number of azo groups is 1. The number of amides is 1. The van der Waals surface area contributed by atoms with Crippen molar-refractivity contribution in [1.82, 2.24) is 4.57 Å². The molecule has 2 aromatic carbocycles. The van der Waals surface area contributed by atoms with Crippen LogP contribution in [-0.2, 0) is 17.3 Å². The highest BCUT2D eigenvalue weighted by atomic mass is 16.5. The van der Waals surface area contributed by atoms with E-state index >= 15 is 0 Å². The van der Waals surface area contributed by atoms with Gasteiger partial charge in [-0.3, -0.25) is 4.79 Å². The van der Waals surface area contributed by atoms with Gasteiger partial charge in [0.15, 0.2) is 12.3 Å². The maximum atomic E-state index is 12.0. The highest BCUT2D eigenvalue weighted by Crippen LogP contribution is 2.37. The number of aryl methyl sites for hydroxylation is 1. The Balaban J connectivity index is 1.67. The monoisotopic (exact) mass is 365 g/mol. The van der Waals surface area contributed by atoms with Gasteiger partial charge >= 0.3 is 5.91 Å². The number of para-hydroxylation sites is 1. The van der Waals surface area contributed by atoms with Gasteiger partial charge in [0.05, 0.1) is 5.52 Å². The largest absolute Gasteiger partial charge is 0.493 e. The van der Waals surface area contributed by atoms with Crippen LogP contribution in [0.5, 0.6) is 11.6 Å². The SMILES string of the molecule is Cn1c(O)c(N=NC(=O)COc2ccc(C(C)(C)C)cc2)c2ccccc21. The molecule has 27 heavy (non-hydrogen) atoms. The predicted octanol–water partition coefficient (Wildman–Crippen LogP) is 4.87. The summed E-state index contributed by atoms with van der Waals surface area (Å²) in [5.41, 5.74) is 2.33. The van der Waals surface area contributed by atoms with Crippen LogP contribution in [-0.4, -0.2) is 22.2 Å². The van der Waals surface area contributed by atoms with Gasteiger partial charge in [0.25, 0.3) is 0 Å². The molecule has 0 aliphatic rings. The second kappa shape index (κ2) is 7.23. The van der Waals surface area contributed by atoms with Crippen LogP contribution in [0.4, 0.5) is 5.69 Å². The molecule has 0 saturated heterocycles. The van der Waals surface area contributed by atoms with Crippen molar-refractivity contribution in [3.63, 3.8) is 0 Å². The third-order valence-corrected chi connectivity index (χ3v) is 4.39. The van der Waals surface area contributed by atoms with Gasteiger partial charge in [-0.25, -0.2) is 0 Å². The molecule has 0 radical (unpaired) electrons. The molecule has 0 unspecified atom stereocenters. The minimum absolute atomic E-state index is 0.0357. The summed E-state index contributed by atoms with van der Waals surface area (Å²) in [6, 6.07) is 15.0. The van der Waals surface area contributed by atoms with Gasteiger partial charge in [-0.15, -0.1) is 10.2 Å². The van der Waals surface area contributed by atoms with Crippen LogP contribution in [0.1, 0.15) is 26.3 Å². The van der Waals surface area contributed by atoms with Gasteiger partial charge < -0.3 is 14.4 Å². The van der Waals surface area contributed by atoms with Crippen molar-refractivity contribution >= 4 is 22.5 Å². The van der Waals surface area contributed by atoms with Gasteiger partial charge in [-0.1, -0.05) is 51.1 Å². The molecule has 0 spiro atoms. The first-order chi connectivity index (χ1) is 12.8. The molecule has 1 aromatic heterocycles. The van der Waals surface area contributed by atoms with Crippen molar-refractivity contribution in [2.24, 2.45) is 17.3 Å². The minimum Gasteiger partial charge on any atom is -0.493 e. The van der Waals surface area contributed by atoms with Crippen molar-refractivity contribution < 1.29 is 14.6 Å². The molecule has 0 aliphatic carbocycles. The van der Waals surface area contributed by atoms with E-state index < -0.39 is 5.91 Å². The quantitative estimate of drug-likeness (QED) is 0.670. The van der Waals surface area contributed by atoms with E-state index in [4.69, 9.17) is 4.74 Å². The second-order valence-corrected chi connectivity index (χ2v) is 7.41. The van der Waals surface area contributed by atoms with Gasteiger partial charge in [0.1, 0.15) is 5.75 Å². The van der Waals surface area contributed by atoms with Crippen LogP contribution in [0.25, 0.3) is 10.9 Å². The molecule has 1 heterocycles. The van der Waals surface area contributed by atoms with E-state index in [-0.39, 0.29) is 23.6 Å². The van der Waals surface area contributed by atoms with Crippen molar-refractivity contribution in [2.45, 2.75) is 26.2 Å². The lowest BCUT2D eigenvalue weighted by Crippen LogP contribution is -2.11. The number of hydrogen-bond acceptors (Lipinski definition) is 4. The molecule has 1 N–H and O–H groups in total. The first kappa shape index (κ1) is 18.6. The van der Waals surface area contributed by atoms with Gasteiger partial charge in [-0.05, 0) is 29.2 Å². The van der Waals surface area contributed by atoms with Crippen LogP contribution in [0.2, 0.25) is 0 Å². The number of carbonyl (C=O) groups excluding carboxylic acids is 1. The smallest absolute Gasteiger partial charge is 0.302 e. The Morgan fingerprint density at radius 3 is 2.44 bits per heavy atom. The van der Waals surface area contributed by atoms with Crippen LogP contribution >= 0.6 is 0 Å². The molecule has 0 atom stereocenters. The van der Waals surface area contributed by atoms with Crippen LogP contribution in [0.3, 0.4) is 0 Å². The van der Waals surface area contributed by atoms with E-state index in [9.17, 15) is 9.90 Å². The Hall–Kier alpha value is -3.15. The Kier molecular flexibility index (Phi) is 4.99. The molecule has 3 rings (SSSR count). The summed E-state index contributed by atoms with van der Waals surface area (Å²) < 4.78 is 7.07. The molecule has 140 valence electrons. The van der Waals surface area contributed by atoms with Crippen molar-refractivity contribution in [3.05, 3.63) is 54.1 Å². The number of fused-ring (bicyclic) bond motifs is 1. The van der Waals surface area contributed by atoms with Crippen molar-refractivity contribution in [3.8, 4) is 11.6 Å². The summed E-state index contributed by atoms with van der Waals surface area (Å²) in [5, 5.41) is 18.5. The van der Waals surface area contributed by atoms with E-state index in [1.54, 1.807) is 11.6 Å². The van der Waals surface area contributed by atoms with Crippen LogP contribution in [0, 0.1) is 0 Å². The fourth-order valence-electron chi connectivity index (χ4n) is 2.79. The lowest BCUT2D eigenvalue weighted by Gasteiger charge is -2.19. The van der Waals surface area contributed by atoms with E-state index in [0.29, 0.717) is 5.75 Å². The Morgan fingerprint density at radius 2 is 1.78 bits per heavy atom. The molecule has 0 saturated carbocycles. The van der Waals surface area contributed by atoms with E-state index in [0.717, 1.165) is 10.9 Å². The average molecular weight is 365 g/mol. The number of benzene rings is 2. The standard InChI is InChI=1S/C21H23N3O3/c1-21(2,3)14-9-11-15(12-10-14)27-13-18(25)22-23-19-16-7-5-6-8-17(16)24(4)20(19)26/h5-12,26H,13H2,1-4H3. The number of ether oxygens (including phenoxy) is 1. The average Bonchev–Trinajstić information content (AvgIpc) is 2.89. The first-order valence-corrected chi connectivity index (χ1v) is 8.71. The lowest BCUT2D eigenvalue weighted by atomic mass is 9.87. The molecule has 6 heteroatoms. The van der Waals surface area contributed by atoms with Gasteiger partial charge in [0.2, 0.25) is 5.88 Å². The lowest BCUT2D eigenvalue weighted by molar-refractivity contribution is -0.120. The maximum Gasteiger partial charge on any atom is 0.302 e. The normalized spacial score (nSPS) is 12.0. The summed E-state index contributed by atoms with van der Waals surface area (Å²) in [6.07, 6.45) is 0. The third kappa shape index (κ3) is 4.00. The van der Waals surface area contributed by atoms with E-state index in [2.05, 4.69) is 31.0 Å². The molecule has 6 nitrogen and oxygen atoms in total. The minimum atomic E-state index is -0.526. The van der Waals surface area contributed by atoms with Gasteiger partial charge in [-0.2, -0.15) is 0 Å². The molecular weight excluding hydrogens is 342 g/mol. The zero-order valence-corrected chi connectivity index (χ0v) is 15.9. The van der Waals surface area contributed by atoms with Crippen LogP contribution < -0.4 is 4.74 Å². The Bertz CT molecular complexity index is 996.